The van der Waals surface area contributed by atoms with E-state index >= 15 is 0 Å². The van der Waals surface area contributed by atoms with Gasteiger partial charge in [0.15, 0.2) is 0 Å². The summed E-state index contributed by atoms with van der Waals surface area (Å²) in [7, 11) is -3.86. The second-order valence-corrected chi connectivity index (χ2v) is 8.40. The summed E-state index contributed by atoms with van der Waals surface area (Å²) in [5, 5.41) is 3.13. The molecule has 2 aromatic carbocycles. The standard InChI is InChI=1S/C22H18FN5O2S/c1-15-4-7-18(28-31(29,30)19-8-5-17(23)6-9-19)13-21(15)27-22-25-12-10-20(26-22)16-3-2-11-24-14-16/h2-14,28H,1H3,(H,25,26,27). The fourth-order valence-corrected chi connectivity index (χ4v) is 3.91. The van der Waals surface area contributed by atoms with Crippen LogP contribution in [0.2, 0.25) is 0 Å². The predicted molar refractivity (Wildman–Crippen MR) is 117 cm³/mol. The summed E-state index contributed by atoms with van der Waals surface area (Å²) < 4.78 is 40.8. The third-order valence-corrected chi connectivity index (χ3v) is 5.87. The van der Waals surface area contributed by atoms with Gasteiger partial charge in [-0.05, 0) is 67.1 Å². The molecular weight excluding hydrogens is 417 g/mol. The average molecular weight is 435 g/mol. The molecule has 0 saturated heterocycles. The van der Waals surface area contributed by atoms with Crippen LogP contribution in [-0.2, 0) is 10.0 Å². The van der Waals surface area contributed by atoms with Gasteiger partial charge in [0.1, 0.15) is 5.82 Å². The van der Waals surface area contributed by atoms with Crippen molar-refractivity contribution in [2.45, 2.75) is 11.8 Å². The number of pyridine rings is 1. The van der Waals surface area contributed by atoms with Crippen molar-refractivity contribution in [3.8, 4) is 11.3 Å². The van der Waals surface area contributed by atoms with Gasteiger partial charge in [0, 0.05) is 29.8 Å². The van der Waals surface area contributed by atoms with Crippen molar-refractivity contribution in [2.24, 2.45) is 0 Å². The molecule has 0 aliphatic carbocycles. The lowest BCUT2D eigenvalue weighted by Gasteiger charge is -2.13. The molecule has 0 aliphatic heterocycles. The van der Waals surface area contributed by atoms with Crippen molar-refractivity contribution in [3.05, 3.63) is 90.6 Å². The number of hydrogen-bond acceptors (Lipinski definition) is 6. The summed E-state index contributed by atoms with van der Waals surface area (Å²) in [4.78, 5) is 12.8. The van der Waals surface area contributed by atoms with Crippen LogP contribution < -0.4 is 10.0 Å². The number of anilines is 3. The van der Waals surface area contributed by atoms with E-state index in [-0.39, 0.29) is 4.90 Å². The SMILES string of the molecule is Cc1ccc(NS(=O)(=O)c2ccc(F)cc2)cc1Nc1nccc(-c2cccnc2)n1. The van der Waals surface area contributed by atoms with E-state index in [0.29, 0.717) is 23.0 Å². The summed E-state index contributed by atoms with van der Waals surface area (Å²) in [5.41, 5.74) is 3.42. The van der Waals surface area contributed by atoms with Gasteiger partial charge in [0.2, 0.25) is 5.95 Å². The van der Waals surface area contributed by atoms with Crippen molar-refractivity contribution >= 4 is 27.3 Å². The number of benzene rings is 2. The Bertz CT molecular complexity index is 1310. The van der Waals surface area contributed by atoms with Gasteiger partial charge in [-0.3, -0.25) is 9.71 Å². The van der Waals surface area contributed by atoms with Crippen molar-refractivity contribution < 1.29 is 12.8 Å². The number of halogens is 1. The van der Waals surface area contributed by atoms with Crippen LogP contribution in [0.3, 0.4) is 0 Å². The van der Waals surface area contributed by atoms with Crippen molar-refractivity contribution in [1.29, 1.82) is 0 Å². The smallest absolute Gasteiger partial charge is 0.261 e. The van der Waals surface area contributed by atoms with E-state index < -0.39 is 15.8 Å². The Morgan fingerprint density at radius 1 is 0.968 bits per heavy atom. The number of aryl methyl sites for hydroxylation is 1. The lowest BCUT2D eigenvalue weighted by molar-refractivity contribution is 0.599. The predicted octanol–water partition coefficient (Wildman–Crippen LogP) is 4.53. The van der Waals surface area contributed by atoms with E-state index in [1.54, 1.807) is 42.9 Å². The highest BCUT2D eigenvalue weighted by atomic mass is 32.2. The van der Waals surface area contributed by atoms with Crippen LogP contribution in [0.1, 0.15) is 5.56 Å². The molecule has 0 aliphatic rings. The molecule has 2 heterocycles. The fourth-order valence-electron chi connectivity index (χ4n) is 2.86. The Morgan fingerprint density at radius 2 is 1.77 bits per heavy atom. The minimum absolute atomic E-state index is 0.0310. The second-order valence-electron chi connectivity index (χ2n) is 6.72. The molecule has 156 valence electrons. The summed E-state index contributed by atoms with van der Waals surface area (Å²) in [6.45, 7) is 1.88. The van der Waals surface area contributed by atoms with Crippen LogP contribution in [0.25, 0.3) is 11.3 Å². The maximum Gasteiger partial charge on any atom is 0.261 e. The zero-order valence-corrected chi connectivity index (χ0v) is 17.3. The first-order valence-electron chi connectivity index (χ1n) is 9.30. The molecule has 2 aromatic heterocycles. The summed E-state index contributed by atoms with van der Waals surface area (Å²) in [5.74, 6) is -0.141. The Morgan fingerprint density at radius 3 is 2.52 bits per heavy atom. The van der Waals surface area contributed by atoms with Crippen LogP contribution in [0.5, 0.6) is 0 Å². The highest BCUT2D eigenvalue weighted by molar-refractivity contribution is 7.92. The minimum Gasteiger partial charge on any atom is -0.324 e. The zero-order chi connectivity index (χ0) is 21.8. The molecule has 7 nitrogen and oxygen atoms in total. The first-order chi connectivity index (χ1) is 14.9. The first-order valence-corrected chi connectivity index (χ1v) is 10.8. The molecule has 0 atom stereocenters. The zero-order valence-electron chi connectivity index (χ0n) is 16.4. The molecule has 31 heavy (non-hydrogen) atoms. The van der Waals surface area contributed by atoms with Crippen molar-refractivity contribution in [2.75, 3.05) is 10.0 Å². The number of nitrogens with one attached hydrogen (secondary N) is 2. The van der Waals surface area contributed by atoms with Crippen LogP contribution in [0.15, 0.2) is 84.1 Å². The van der Waals surface area contributed by atoms with Gasteiger partial charge in [-0.15, -0.1) is 0 Å². The Balaban J connectivity index is 1.58. The molecule has 4 aromatic rings. The monoisotopic (exact) mass is 435 g/mol. The van der Waals surface area contributed by atoms with E-state index in [2.05, 4.69) is 25.0 Å². The summed E-state index contributed by atoms with van der Waals surface area (Å²) >= 11 is 0. The number of nitrogens with zero attached hydrogens (tertiary/aromatic N) is 3. The van der Waals surface area contributed by atoms with Gasteiger partial charge in [0.25, 0.3) is 10.0 Å². The molecule has 2 N–H and O–H groups in total. The van der Waals surface area contributed by atoms with E-state index in [1.807, 2.05) is 19.1 Å². The highest BCUT2D eigenvalue weighted by Crippen LogP contribution is 2.26. The molecule has 0 amide bonds. The van der Waals surface area contributed by atoms with E-state index in [0.717, 1.165) is 23.3 Å². The van der Waals surface area contributed by atoms with Crippen LogP contribution in [0, 0.1) is 12.7 Å². The number of rotatable bonds is 6. The fraction of sp³-hybridized carbons (Fsp3) is 0.0455. The topological polar surface area (TPSA) is 96.9 Å². The minimum atomic E-state index is -3.86. The quantitative estimate of drug-likeness (QED) is 0.462. The number of sulfonamides is 1. The van der Waals surface area contributed by atoms with Gasteiger partial charge in [0.05, 0.1) is 16.3 Å². The molecule has 4 rings (SSSR count). The van der Waals surface area contributed by atoms with Crippen molar-refractivity contribution in [1.82, 2.24) is 15.0 Å². The van der Waals surface area contributed by atoms with E-state index in [9.17, 15) is 12.8 Å². The first kappa shape index (κ1) is 20.4. The maximum absolute atomic E-state index is 13.1. The Labute approximate surface area is 179 Å². The second kappa shape index (κ2) is 8.49. The van der Waals surface area contributed by atoms with Crippen LogP contribution in [0.4, 0.5) is 21.7 Å². The highest BCUT2D eigenvalue weighted by Gasteiger charge is 2.15. The maximum atomic E-state index is 13.1. The molecule has 0 fully saturated rings. The Kier molecular flexibility index (Phi) is 5.59. The van der Waals surface area contributed by atoms with E-state index in [1.165, 1.54) is 12.1 Å². The molecule has 0 spiro atoms. The van der Waals surface area contributed by atoms with Gasteiger partial charge < -0.3 is 5.32 Å². The van der Waals surface area contributed by atoms with Gasteiger partial charge >= 0.3 is 0 Å². The van der Waals surface area contributed by atoms with Gasteiger partial charge in [-0.2, -0.15) is 0 Å². The molecule has 0 radical (unpaired) electrons. The third-order valence-electron chi connectivity index (χ3n) is 4.47. The molecule has 0 unspecified atom stereocenters. The van der Waals surface area contributed by atoms with Crippen molar-refractivity contribution in [3.63, 3.8) is 0 Å². The number of aromatic nitrogens is 3. The van der Waals surface area contributed by atoms with Gasteiger partial charge in [-0.1, -0.05) is 6.07 Å². The third kappa shape index (κ3) is 4.84. The molecule has 9 heteroatoms. The molecular formula is C22H18FN5O2S. The summed E-state index contributed by atoms with van der Waals surface area (Å²) in [6, 6.07) is 15.2. The van der Waals surface area contributed by atoms with Crippen LogP contribution in [-0.4, -0.2) is 23.4 Å². The molecule has 0 bridgehead atoms. The van der Waals surface area contributed by atoms with Gasteiger partial charge in [-0.25, -0.2) is 22.8 Å². The lowest BCUT2D eigenvalue weighted by Crippen LogP contribution is -2.13. The van der Waals surface area contributed by atoms with Crippen LogP contribution >= 0.6 is 0 Å². The Hall–Kier alpha value is -3.85. The molecule has 0 saturated carbocycles. The lowest BCUT2D eigenvalue weighted by atomic mass is 10.2. The largest absolute Gasteiger partial charge is 0.324 e. The normalized spacial score (nSPS) is 11.2. The number of hydrogen-bond donors (Lipinski definition) is 2. The average Bonchev–Trinajstić information content (AvgIpc) is 2.77. The van der Waals surface area contributed by atoms with E-state index in [4.69, 9.17) is 0 Å². The summed E-state index contributed by atoms with van der Waals surface area (Å²) in [6.07, 6.45) is 5.03.